The van der Waals surface area contributed by atoms with Crippen LogP contribution >= 0.6 is 22.7 Å². The molecule has 0 fully saturated rings. The van der Waals surface area contributed by atoms with Crippen LogP contribution in [0.1, 0.15) is 16.1 Å². The summed E-state index contributed by atoms with van der Waals surface area (Å²) in [4.78, 5) is 8.35. The van der Waals surface area contributed by atoms with Crippen LogP contribution in [0.15, 0.2) is 48.7 Å². The molecule has 3 heterocycles. The molecule has 0 N–H and O–H groups in total. The lowest BCUT2D eigenvalue weighted by molar-refractivity contribution is -0.254. The van der Waals surface area contributed by atoms with Gasteiger partial charge >= 0.3 is 17.8 Å². The molecule has 0 radical (unpaired) electrons. The van der Waals surface area contributed by atoms with Gasteiger partial charge in [-0.2, -0.15) is 26.3 Å². The number of methoxy groups -OCH3 is 1. The first-order chi connectivity index (χ1) is 16.0. The van der Waals surface area contributed by atoms with E-state index < -0.39 is 34.6 Å². The fraction of sp³-hybridized carbons (Fsp3) is 0.217. The molecule has 0 saturated carbocycles. The molecule has 1 aliphatic carbocycles. The van der Waals surface area contributed by atoms with Crippen molar-refractivity contribution in [1.82, 2.24) is 9.97 Å². The minimum Gasteiger partial charge on any atom is -0.486 e. The van der Waals surface area contributed by atoms with Crippen LogP contribution in [-0.4, -0.2) is 34.8 Å². The number of allylic oxidation sites excluding steroid dienone is 2. The summed E-state index contributed by atoms with van der Waals surface area (Å²) >= 11 is 1.82. The molecule has 34 heavy (non-hydrogen) atoms. The van der Waals surface area contributed by atoms with Gasteiger partial charge in [-0.3, -0.25) is 4.98 Å². The van der Waals surface area contributed by atoms with E-state index in [1.165, 1.54) is 31.3 Å². The van der Waals surface area contributed by atoms with E-state index in [9.17, 15) is 8.78 Å². The molecule has 5 rings (SSSR count). The van der Waals surface area contributed by atoms with Crippen LogP contribution in [-0.2, 0) is 0 Å². The zero-order valence-electron chi connectivity index (χ0n) is 17.5. The number of fused-ring (bicyclic) bond motifs is 1. The molecule has 176 valence electrons. The lowest BCUT2D eigenvalue weighted by Gasteiger charge is -2.25. The van der Waals surface area contributed by atoms with Crippen LogP contribution in [0, 0.1) is 6.92 Å². The number of nitrogens with zero attached hydrogens (tertiary/aromatic N) is 2. The minimum atomic E-state index is -5.68. The van der Waals surface area contributed by atoms with E-state index in [-0.39, 0.29) is 31.6 Å². The number of thiophene rings is 1. The lowest BCUT2D eigenvalue weighted by atomic mass is 9.95. The largest absolute Gasteiger partial charge is 0.486 e. The topological polar surface area (TPSA) is 35.0 Å². The van der Waals surface area contributed by atoms with E-state index in [2.05, 4.69) is 9.97 Å². The Morgan fingerprint density at radius 3 is 2.21 bits per heavy atom. The maximum Gasteiger partial charge on any atom is 0.380 e. The van der Waals surface area contributed by atoms with Crippen LogP contribution in [0.5, 0.6) is 5.06 Å². The van der Waals surface area contributed by atoms with Crippen molar-refractivity contribution < 1.29 is 31.1 Å². The summed E-state index contributed by atoms with van der Waals surface area (Å²) in [5.41, 5.74) is -3.80. The van der Waals surface area contributed by atoms with Gasteiger partial charge in [0.2, 0.25) is 5.06 Å². The fourth-order valence-corrected chi connectivity index (χ4v) is 5.99. The van der Waals surface area contributed by atoms with Gasteiger partial charge < -0.3 is 4.74 Å². The zero-order valence-corrected chi connectivity index (χ0v) is 19.1. The molecule has 0 saturated heterocycles. The van der Waals surface area contributed by atoms with Gasteiger partial charge in [0.05, 0.1) is 18.4 Å². The third-order valence-electron chi connectivity index (χ3n) is 5.59. The van der Waals surface area contributed by atoms with Crippen molar-refractivity contribution in [2.24, 2.45) is 0 Å². The first-order valence-corrected chi connectivity index (χ1v) is 11.5. The predicted molar refractivity (Wildman–Crippen MR) is 120 cm³/mol. The summed E-state index contributed by atoms with van der Waals surface area (Å²) in [7, 11) is 1.13. The Kier molecular flexibility index (Phi) is 5.07. The van der Waals surface area contributed by atoms with Crippen LogP contribution in [0.2, 0.25) is 0 Å². The number of aromatic nitrogens is 2. The highest BCUT2D eigenvalue weighted by Gasteiger charge is 2.81. The Bertz CT molecular complexity index is 1440. The Morgan fingerprint density at radius 1 is 0.853 bits per heavy atom. The van der Waals surface area contributed by atoms with E-state index in [4.69, 9.17) is 4.74 Å². The van der Waals surface area contributed by atoms with Crippen LogP contribution < -0.4 is 4.74 Å². The first-order valence-electron chi connectivity index (χ1n) is 9.86. The average molecular weight is 513 g/mol. The minimum absolute atomic E-state index is 0.0699. The number of hydrogen-bond acceptors (Lipinski definition) is 5. The molecule has 4 aromatic rings. The molecular weight excluding hydrogens is 498 g/mol. The predicted octanol–water partition coefficient (Wildman–Crippen LogP) is 7.57. The van der Waals surface area contributed by atoms with Crippen molar-refractivity contribution in [3.05, 3.63) is 64.8 Å². The van der Waals surface area contributed by atoms with Crippen LogP contribution in [0.25, 0.3) is 31.9 Å². The van der Waals surface area contributed by atoms with Gasteiger partial charge in [0, 0.05) is 32.3 Å². The maximum absolute atomic E-state index is 15.3. The van der Waals surface area contributed by atoms with Crippen LogP contribution in [0.3, 0.4) is 0 Å². The third kappa shape index (κ3) is 2.96. The van der Waals surface area contributed by atoms with Gasteiger partial charge in [0.15, 0.2) is 0 Å². The molecule has 0 unspecified atom stereocenters. The number of hydrogen-bond donors (Lipinski definition) is 0. The summed E-state index contributed by atoms with van der Waals surface area (Å²) in [5, 5.41) is -0.0381. The van der Waals surface area contributed by atoms with Gasteiger partial charge in [-0.25, -0.2) is 4.98 Å². The van der Waals surface area contributed by atoms with E-state index in [1.54, 1.807) is 24.3 Å². The van der Waals surface area contributed by atoms with Gasteiger partial charge in [-0.1, -0.05) is 35.6 Å². The third-order valence-corrected chi connectivity index (χ3v) is 7.72. The van der Waals surface area contributed by atoms with Gasteiger partial charge in [-0.15, -0.1) is 11.3 Å². The second kappa shape index (κ2) is 7.54. The molecule has 0 amide bonds. The molecule has 0 aliphatic heterocycles. The molecular formula is C23H14F6N2OS2. The maximum atomic E-state index is 15.3. The summed E-state index contributed by atoms with van der Waals surface area (Å²) in [6.07, 6.45) is 1.43. The fourth-order valence-electron chi connectivity index (χ4n) is 4.05. The standard InChI is InChI=1S/C23H14F6N2OS2/c1-11-15(12-7-3-4-9-14(12)33-11)16-17(22(26,27)23(28,29)21(16,24)25)18-20(32-2)34-19(31-18)13-8-5-6-10-30-13/h3-10H,1-2H3. The second-order valence-corrected chi connectivity index (χ2v) is 9.79. The monoisotopic (exact) mass is 512 g/mol. The van der Waals surface area contributed by atoms with Crippen molar-refractivity contribution in [1.29, 1.82) is 0 Å². The summed E-state index contributed by atoms with van der Waals surface area (Å²) < 4.78 is 96.3. The number of benzene rings is 1. The van der Waals surface area contributed by atoms with Crippen molar-refractivity contribution in [3.63, 3.8) is 0 Å². The summed E-state index contributed by atoms with van der Waals surface area (Å²) in [6, 6.07) is 11.0. The Hall–Kier alpha value is -2.92. The van der Waals surface area contributed by atoms with E-state index >= 15 is 17.6 Å². The number of aryl methyl sites for hydroxylation is 1. The number of rotatable bonds is 4. The lowest BCUT2D eigenvalue weighted by Crippen LogP contribution is -2.49. The molecule has 3 nitrogen and oxygen atoms in total. The summed E-state index contributed by atoms with van der Waals surface area (Å²) in [6.45, 7) is 1.44. The molecule has 3 aromatic heterocycles. The van der Waals surface area contributed by atoms with E-state index in [1.807, 2.05) is 0 Å². The number of halogens is 6. The van der Waals surface area contributed by atoms with Crippen LogP contribution in [0.4, 0.5) is 26.3 Å². The molecule has 0 atom stereocenters. The Balaban J connectivity index is 1.89. The van der Waals surface area contributed by atoms with Crippen molar-refractivity contribution in [2.75, 3.05) is 7.11 Å². The number of pyridine rings is 1. The second-order valence-electron chi connectivity index (χ2n) is 7.58. The van der Waals surface area contributed by atoms with Crippen molar-refractivity contribution in [3.8, 4) is 15.8 Å². The quantitative estimate of drug-likeness (QED) is 0.265. The van der Waals surface area contributed by atoms with Crippen molar-refractivity contribution >= 4 is 43.9 Å². The summed E-state index contributed by atoms with van der Waals surface area (Å²) in [5.74, 6) is -16.1. The number of alkyl halides is 6. The highest BCUT2D eigenvalue weighted by atomic mass is 32.1. The van der Waals surface area contributed by atoms with Gasteiger partial charge in [0.1, 0.15) is 10.7 Å². The zero-order chi connectivity index (χ0) is 24.5. The molecule has 0 bridgehead atoms. The van der Waals surface area contributed by atoms with E-state index in [0.717, 1.165) is 29.8 Å². The molecule has 11 heteroatoms. The average Bonchev–Trinajstić information content (AvgIpc) is 3.40. The highest BCUT2D eigenvalue weighted by molar-refractivity contribution is 7.19. The van der Waals surface area contributed by atoms with Gasteiger partial charge in [0.25, 0.3) is 0 Å². The number of ether oxygens (including phenoxy) is 1. The van der Waals surface area contributed by atoms with Crippen molar-refractivity contribution in [2.45, 2.75) is 24.7 Å². The Morgan fingerprint density at radius 2 is 1.53 bits per heavy atom. The molecule has 1 aliphatic rings. The highest BCUT2D eigenvalue weighted by Crippen LogP contribution is 2.66. The molecule has 0 spiro atoms. The Labute approximate surface area is 197 Å². The smallest absolute Gasteiger partial charge is 0.380 e. The normalized spacial score (nSPS) is 18.6. The first kappa shape index (κ1) is 22.9. The SMILES string of the molecule is COc1sc(-c2ccccn2)nc1C1=C(c2c(C)sc3ccccc23)C(F)(F)C(F)(F)C1(F)F. The van der Waals surface area contributed by atoms with E-state index in [0.29, 0.717) is 4.70 Å². The number of thiazole rings is 1. The molecule has 1 aromatic carbocycles. The van der Waals surface area contributed by atoms with Gasteiger partial charge in [-0.05, 0) is 25.1 Å².